The van der Waals surface area contributed by atoms with Crippen molar-refractivity contribution >= 4 is 26.8 Å². The predicted octanol–water partition coefficient (Wildman–Crippen LogP) is 2.67. The molecule has 2 aromatic rings. The summed E-state index contributed by atoms with van der Waals surface area (Å²) in [4.78, 5) is 12.3. The number of aryl methyl sites for hydroxylation is 1. The van der Waals surface area contributed by atoms with E-state index < -0.39 is 21.2 Å². The zero-order valence-electron chi connectivity index (χ0n) is 13.1. The van der Waals surface area contributed by atoms with Crippen LogP contribution in [0.15, 0.2) is 24.4 Å². The molecule has 23 heavy (non-hydrogen) atoms. The number of fused-ring (bicyclic) bond motifs is 1. The number of aromatic nitrogens is 1. The number of amides is 1. The SMILES string of the molecule is Cn1cc(C2CCC2)c2ccc(C(=O)NS(=O)(=O)C3CC3)cc21. The lowest BCUT2D eigenvalue weighted by molar-refractivity contribution is 0.0981. The van der Waals surface area contributed by atoms with Crippen LogP contribution in [-0.4, -0.2) is 24.1 Å². The fraction of sp³-hybridized carbons (Fsp3) is 0.471. The third-order valence-corrected chi connectivity index (χ3v) is 6.85. The first-order chi connectivity index (χ1) is 11.0. The second-order valence-corrected chi connectivity index (χ2v) is 8.69. The Labute approximate surface area is 135 Å². The van der Waals surface area contributed by atoms with Crippen molar-refractivity contribution in [3.05, 3.63) is 35.5 Å². The Morgan fingerprint density at radius 3 is 2.57 bits per heavy atom. The molecule has 2 saturated carbocycles. The van der Waals surface area contributed by atoms with E-state index in [1.54, 1.807) is 12.1 Å². The Hall–Kier alpha value is -1.82. The largest absolute Gasteiger partial charge is 0.350 e. The summed E-state index contributed by atoms with van der Waals surface area (Å²) in [5, 5.41) is 0.772. The number of nitrogens with one attached hydrogen (secondary N) is 1. The highest BCUT2D eigenvalue weighted by molar-refractivity contribution is 7.91. The average molecular weight is 332 g/mol. The molecule has 0 unspecified atom stereocenters. The van der Waals surface area contributed by atoms with Crippen LogP contribution in [-0.2, 0) is 17.1 Å². The van der Waals surface area contributed by atoms with Gasteiger partial charge in [0.15, 0.2) is 0 Å². The quantitative estimate of drug-likeness (QED) is 0.936. The van der Waals surface area contributed by atoms with Crippen molar-refractivity contribution in [2.45, 2.75) is 43.3 Å². The van der Waals surface area contributed by atoms with Crippen LogP contribution in [0.25, 0.3) is 10.9 Å². The summed E-state index contributed by atoms with van der Waals surface area (Å²) in [5.41, 5.74) is 2.71. The number of sulfonamides is 1. The van der Waals surface area contributed by atoms with Gasteiger partial charge in [-0.1, -0.05) is 12.5 Å². The van der Waals surface area contributed by atoms with E-state index in [0.717, 1.165) is 5.52 Å². The van der Waals surface area contributed by atoms with Crippen molar-refractivity contribution in [2.24, 2.45) is 7.05 Å². The number of carbonyl (C=O) groups is 1. The summed E-state index contributed by atoms with van der Waals surface area (Å²) >= 11 is 0. The first kappa shape index (κ1) is 14.8. The molecule has 0 bridgehead atoms. The predicted molar refractivity (Wildman–Crippen MR) is 88.9 cm³/mol. The first-order valence-electron chi connectivity index (χ1n) is 8.10. The zero-order chi connectivity index (χ0) is 16.2. The van der Waals surface area contributed by atoms with Crippen LogP contribution in [0.3, 0.4) is 0 Å². The van der Waals surface area contributed by atoms with Gasteiger partial charge in [0.05, 0.1) is 5.25 Å². The van der Waals surface area contributed by atoms with E-state index >= 15 is 0 Å². The highest BCUT2D eigenvalue weighted by Crippen LogP contribution is 2.40. The molecule has 4 rings (SSSR count). The summed E-state index contributed by atoms with van der Waals surface area (Å²) in [6.07, 6.45) is 7.15. The van der Waals surface area contributed by atoms with Gasteiger partial charge in [-0.05, 0) is 49.3 Å². The third-order valence-electron chi connectivity index (χ3n) is 5.03. The van der Waals surface area contributed by atoms with Crippen molar-refractivity contribution < 1.29 is 13.2 Å². The van der Waals surface area contributed by atoms with Gasteiger partial charge in [0, 0.05) is 29.7 Å². The smallest absolute Gasteiger partial charge is 0.264 e. The van der Waals surface area contributed by atoms with Crippen LogP contribution < -0.4 is 4.72 Å². The highest BCUT2D eigenvalue weighted by Gasteiger charge is 2.37. The van der Waals surface area contributed by atoms with Crippen molar-refractivity contribution in [3.8, 4) is 0 Å². The lowest BCUT2D eigenvalue weighted by Gasteiger charge is -2.24. The maximum absolute atomic E-state index is 12.3. The number of nitrogens with zero attached hydrogens (tertiary/aromatic N) is 1. The van der Waals surface area contributed by atoms with Gasteiger partial charge in [-0.3, -0.25) is 4.79 Å². The molecule has 122 valence electrons. The minimum Gasteiger partial charge on any atom is -0.350 e. The maximum atomic E-state index is 12.3. The molecule has 1 heterocycles. The van der Waals surface area contributed by atoms with Crippen LogP contribution >= 0.6 is 0 Å². The molecule has 2 aliphatic rings. The minimum absolute atomic E-state index is 0.392. The van der Waals surface area contributed by atoms with E-state index in [9.17, 15) is 13.2 Å². The Morgan fingerprint density at radius 2 is 1.96 bits per heavy atom. The van der Waals surface area contributed by atoms with Gasteiger partial charge in [0.1, 0.15) is 0 Å². The molecule has 1 amide bonds. The molecule has 0 saturated heterocycles. The number of carbonyl (C=O) groups excluding carboxylic acids is 1. The topological polar surface area (TPSA) is 68.2 Å². The lowest BCUT2D eigenvalue weighted by atomic mass is 9.80. The average Bonchev–Trinajstić information content (AvgIpc) is 3.24. The van der Waals surface area contributed by atoms with E-state index in [-0.39, 0.29) is 0 Å². The Balaban J connectivity index is 1.66. The van der Waals surface area contributed by atoms with Gasteiger partial charge in [-0.25, -0.2) is 13.1 Å². The molecule has 0 spiro atoms. The van der Waals surface area contributed by atoms with Gasteiger partial charge in [-0.15, -0.1) is 0 Å². The Morgan fingerprint density at radius 1 is 1.22 bits per heavy atom. The normalized spacial score (nSPS) is 18.8. The van der Waals surface area contributed by atoms with Crippen LogP contribution in [0.1, 0.15) is 53.9 Å². The van der Waals surface area contributed by atoms with Crippen LogP contribution in [0, 0.1) is 0 Å². The summed E-state index contributed by atoms with van der Waals surface area (Å²) in [6, 6.07) is 5.46. The number of hydrogen-bond donors (Lipinski definition) is 1. The first-order valence-corrected chi connectivity index (χ1v) is 9.65. The molecule has 2 fully saturated rings. The number of hydrogen-bond acceptors (Lipinski definition) is 3. The molecular formula is C17H20N2O3S. The highest BCUT2D eigenvalue weighted by atomic mass is 32.2. The molecule has 1 N–H and O–H groups in total. The number of rotatable bonds is 4. The van der Waals surface area contributed by atoms with Crippen LogP contribution in [0.5, 0.6) is 0 Å². The fourth-order valence-electron chi connectivity index (χ4n) is 3.25. The summed E-state index contributed by atoms with van der Waals surface area (Å²) < 4.78 is 28.0. The van der Waals surface area contributed by atoms with Crippen molar-refractivity contribution in [3.63, 3.8) is 0 Å². The summed E-state index contributed by atoms with van der Waals surface area (Å²) in [6.45, 7) is 0. The van der Waals surface area contributed by atoms with E-state index in [1.165, 1.54) is 30.2 Å². The van der Waals surface area contributed by atoms with Crippen molar-refractivity contribution in [1.29, 1.82) is 0 Å². The molecule has 0 radical (unpaired) electrons. The Kier molecular flexibility index (Phi) is 3.27. The Bertz CT molecular complexity index is 890. The van der Waals surface area contributed by atoms with E-state index in [1.807, 2.05) is 17.7 Å². The van der Waals surface area contributed by atoms with Gasteiger partial charge in [-0.2, -0.15) is 0 Å². The molecule has 0 aliphatic heterocycles. The van der Waals surface area contributed by atoms with Gasteiger partial charge >= 0.3 is 0 Å². The van der Waals surface area contributed by atoms with Gasteiger partial charge < -0.3 is 4.57 Å². The van der Waals surface area contributed by atoms with E-state index in [0.29, 0.717) is 24.3 Å². The van der Waals surface area contributed by atoms with Gasteiger partial charge in [0.25, 0.3) is 5.91 Å². The summed E-state index contributed by atoms with van der Waals surface area (Å²) in [7, 11) is -1.54. The maximum Gasteiger partial charge on any atom is 0.264 e. The molecule has 0 atom stereocenters. The molecule has 2 aliphatic carbocycles. The molecule has 6 heteroatoms. The van der Waals surface area contributed by atoms with E-state index in [2.05, 4.69) is 10.9 Å². The number of benzene rings is 1. The molecule has 1 aromatic carbocycles. The standard InChI is InChI=1S/C17H20N2O3S/c1-19-10-15(11-3-2-4-11)14-8-5-12(9-16(14)19)17(20)18-23(21,22)13-6-7-13/h5,8-11,13H,2-4,6-7H2,1H3,(H,18,20). The second kappa shape index (κ2) is 5.09. The van der Waals surface area contributed by atoms with Crippen molar-refractivity contribution in [2.75, 3.05) is 0 Å². The van der Waals surface area contributed by atoms with Crippen LogP contribution in [0.4, 0.5) is 0 Å². The van der Waals surface area contributed by atoms with Crippen LogP contribution in [0.2, 0.25) is 0 Å². The molecule has 5 nitrogen and oxygen atoms in total. The summed E-state index contributed by atoms with van der Waals surface area (Å²) in [5.74, 6) is 0.0822. The van der Waals surface area contributed by atoms with Gasteiger partial charge in [0.2, 0.25) is 10.0 Å². The third kappa shape index (κ3) is 2.55. The fourth-order valence-corrected chi connectivity index (χ4v) is 4.55. The zero-order valence-corrected chi connectivity index (χ0v) is 13.9. The van der Waals surface area contributed by atoms with Crippen molar-refractivity contribution in [1.82, 2.24) is 9.29 Å². The van der Waals surface area contributed by atoms with E-state index in [4.69, 9.17) is 0 Å². The monoisotopic (exact) mass is 332 g/mol. The lowest BCUT2D eigenvalue weighted by Crippen LogP contribution is -2.33. The molecule has 1 aromatic heterocycles. The molecular weight excluding hydrogens is 312 g/mol. The second-order valence-electron chi connectivity index (χ2n) is 6.73. The minimum atomic E-state index is -3.51.